The first kappa shape index (κ1) is 20.4. The SMILES string of the molecule is CN=C(NCCc1cccc(C(=O)NC)c1)NCCc1ccc(F)cc1C. The summed E-state index contributed by atoms with van der Waals surface area (Å²) in [7, 11) is 3.35. The van der Waals surface area contributed by atoms with Crippen LogP contribution < -0.4 is 16.0 Å². The van der Waals surface area contributed by atoms with Gasteiger partial charge in [-0.3, -0.25) is 9.79 Å². The van der Waals surface area contributed by atoms with Gasteiger partial charge in [0.15, 0.2) is 5.96 Å². The molecule has 0 heterocycles. The van der Waals surface area contributed by atoms with Crippen LogP contribution in [0.15, 0.2) is 47.5 Å². The van der Waals surface area contributed by atoms with Crippen molar-refractivity contribution in [2.75, 3.05) is 27.2 Å². The minimum absolute atomic E-state index is 0.0848. The molecule has 0 aliphatic carbocycles. The van der Waals surface area contributed by atoms with Gasteiger partial charge in [0, 0.05) is 32.7 Å². The molecule has 5 nitrogen and oxygen atoms in total. The molecule has 0 atom stereocenters. The zero-order valence-corrected chi connectivity index (χ0v) is 16.1. The van der Waals surface area contributed by atoms with Crippen molar-refractivity contribution in [3.63, 3.8) is 0 Å². The third-order valence-corrected chi connectivity index (χ3v) is 4.34. The fourth-order valence-electron chi connectivity index (χ4n) is 2.81. The Morgan fingerprint density at radius 2 is 1.81 bits per heavy atom. The number of rotatable bonds is 7. The fraction of sp³-hybridized carbons (Fsp3) is 0.333. The van der Waals surface area contributed by atoms with Crippen molar-refractivity contribution in [1.29, 1.82) is 0 Å². The normalized spacial score (nSPS) is 11.2. The Kier molecular flexibility index (Phi) is 7.79. The van der Waals surface area contributed by atoms with Crippen LogP contribution in [-0.2, 0) is 12.8 Å². The number of benzene rings is 2. The maximum atomic E-state index is 13.2. The van der Waals surface area contributed by atoms with Gasteiger partial charge in [-0.25, -0.2) is 4.39 Å². The third kappa shape index (κ3) is 6.40. The monoisotopic (exact) mass is 370 g/mol. The zero-order valence-electron chi connectivity index (χ0n) is 16.1. The number of guanidine groups is 1. The average Bonchev–Trinajstić information content (AvgIpc) is 2.68. The Hall–Kier alpha value is -2.89. The van der Waals surface area contributed by atoms with Crippen molar-refractivity contribution < 1.29 is 9.18 Å². The van der Waals surface area contributed by atoms with Gasteiger partial charge in [-0.1, -0.05) is 18.2 Å². The first-order valence-electron chi connectivity index (χ1n) is 9.04. The number of amides is 1. The molecule has 6 heteroatoms. The minimum Gasteiger partial charge on any atom is -0.356 e. The number of aliphatic imine (C=N–C) groups is 1. The largest absolute Gasteiger partial charge is 0.356 e. The molecule has 0 fully saturated rings. The summed E-state index contributed by atoms with van der Waals surface area (Å²) in [5.41, 5.74) is 3.81. The topological polar surface area (TPSA) is 65.5 Å². The Morgan fingerprint density at radius 3 is 2.48 bits per heavy atom. The molecule has 2 rings (SSSR count). The van der Waals surface area contributed by atoms with E-state index in [1.165, 1.54) is 6.07 Å². The van der Waals surface area contributed by atoms with Gasteiger partial charge in [0.25, 0.3) is 5.91 Å². The number of hydrogen-bond acceptors (Lipinski definition) is 2. The summed E-state index contributed by atoms with van der Waals surface area (Å²) in [6.45, 7) is 3.32. The molecule has 0 aliphatic heterocycles. The molecule has 0 bridgehead atoms. The minimum atomic E-state index is -0.206. The first-order chi connectivity index (χ1) is 13.0. The Bertz CT molecular complexity index is 805. The van der Waals surface area contributed by atoms with E-state index < -0.39 is 0 Å². The van der Waals surface area contributed by atoms with E-state index in [1.54, 1.807) is 26.2 Å². The van der Waals surface area contributed by atoms with Gasteiger partial charge in [0.2, 0.25) is 0 Å². The summed E-state index contributed by atoms with van der Waals surface area (Å²) in [6, 6.07) is 12.4. The molecule has 0 aliphatic rings. The second kappa shape index (κ2) is 10.3. The van der Waals surface area contributed by atoms with E-state index in [-0.39, 0.29) is 11.7 Å². The van der Waals surface area contributed by atoms with E-state index in [2.05, 4.69) is 20.9 Å². The molecule has 0 unspecified atom stereocenters. The standard InChI is InChI=1S/C21H27FN4O/c1-15-13-19(22)8-7-17(15)10-12-26-21(24-3)25-11-9-16-5-4-6-18(14-16)20(27)23-2/h4-8,13-14H,9-12H2,1-3H3,(H,23,27)(H2,24,25,26). The lowest BCUT2D eigenvalue weighted by atomic mass is 10.1. The Balaban J connectivity index is 1.78. The van der Waals surface area contributed by atoms with Crippen LogP contribution in [0.4, 0.5) is 4.39 Å². The quantitative estimate of drug-likeness (QED) is 0.518. The molecule has 0 spiro atoms. The van der Waals surface area contributed by atoms with Crippen LogP contribution in [0.5, 0.6) is 0 Å². The van der Waals surface area contributed by atoms with Crippen LogP contribution in [-0.4, -0.2) is 39.1 Å². The lowest BCUT2D eigenvalue weighted by Crippen LogP contribution is -2.39. The highest BCUT2D eigenvalue weighted by atomic mass is 19.1. The number of carbonyl (C=O) groups excluding carboxylic acids is 1. The van der Waals surface area contributed by atoms with Crippen molar-refractivity contribution >= 4 is 11.9 Å². The summed E-state index contributed by atoms with van der Waals surface area (Å²) in [6.07, 6.45) is 1.57. The van der Waals surface area contributed by atoms with Gasteiger partial charge in [-0.15, -0.1) is 0 Å². The van der Waals surface area contributed by atoms with Crippen molar-refractivity contribution in [1.82, 2.24) is 16.0 Å². The molecule has 0 saturated heterocycles. The summed E-state index contributed by atoms with van der Waals surface area (Å²) in [5, 5.41) is 9.17. The Labute approximate surface area is 160 Å². The van der Waals surface area contributed by atoms with Gasteiger partial charge >= 0.3 is 0 Å². The smallest absolute Gasteiger partial charge is 0.251 e. The molecule has 144 valence electrons. The van der Waals surface area contributed by atoms with Gasteiger partial charge in [-0.05, 0) is 60.7 Å². The van der Waals surface area contributed by atoms with Crippen molar-refractivity contribution in [3.05, 3.63) is 70.5 Å². The zero-order chi connectivity index (χ0) is 19.6. The maximum absolute atomic E-state index is 13.2. The van der Waals surface area contributed by atoms with Crippen molar-refractivity contribution in [2.45, 2.75) is 19.8 Å². The number of hydrogen-bond donors (Lipinski definition) is 3. The van der Waals surface area contributed by atoms with E-state index in [1.807, 2.05) is 31.2 Å². The number of nitrogens with one attached hydrogen (secondary N) is 3. The van der Waals surface area contributed by atoms with Crippen molar-refractivity contribution in [2.24, 2.45) is 4.99 Å². The van der Waals surface area contributed by atoms with E-state index in [4.69, 9.17) is 0 Å². The highest BCUT2D eigenvalue weighted by Crippen LogP contribution is 2.10. The lowest BCUT2D eigenvalue weighted by Gasteiger charge is -2.13. The molecular formula is C21H27FN4O. The van der Waals surface area contributed by atoms with Gasteiger partial charge < -0.3 is 16.0 Å². The molecule has 2 aromatic carbocycles. The average molecular weight is 370 g/mol. The molecule has 0 aromatic heterocycles. The first-order valence-corrected chi connectivity index (χ1v) is 9.04. The predicted octanol–water partition coefficient (Wildman–Crippen LogP) is 2.44. The lowest BCUT2D eigenvalue weighted by molar-refractivity contribution is 0.0963. The summed E-state index contributed by atoms with van der Waals surface area (Å²) < 4.78 is 13.2. The second-order valence-electron chi connectivity index (χ2n) is 6.28. The summed E-state index contributed by atoms with van der Waals surface area (Å²) >= 11 is 0. The van der Waals surface area contributed by atoms with Crippen LogP contribution in [0.25, 0.3) is 0 Å². The highest BCUT2D eigenvalue weighted by molar-refractivity contribution is 5.94. The van der Waals surface area contributed by atoms with Gasteiger partial charge in [-0.2, -0.15) is 0 Å². The maximum Gasteiger partial charge on any atom is 0.251 e. The fourth-order valence-corrected chi connectivity index (χ4v) is 2.81. The van der Waals surface area contributed by atoms with E-state index in [9.17, 15) is 9.18 Å². The molecule has 2 aromatic rings. The van der Waals surface area contributed by atoms with Crippen molar-refractivity contribution in [3.8, 4) is 0 Å². The number of aryl methyl sites for hydroxylation is 1. The molecule has 27 heavy (non-hydrogen) atoms. The molecule has 3 N–H and O–H groups in total. The summed E-state index contributed by atoms with van der Waals surface area (Å²) in [4.78, 5) is 15.9. The number of halogens is 1. The molecule has 0 radical (unpaired) electrons. The predicted molar refractivity (Wildman–Crippen MR) is 108 cm³/mol. The molecular weight excluding hydrogens is 343 g/mol. The van der Waals surface area contributed by atoms with Crippen LogP contribution in [0.1, 0.15) is 27.0 Å². The van der Waals surface area contributed by atoms with E-state index in [0.29, 0.717) is 18.7 Å². The highest BCUT2D eigenvalue weighted by Gasteiger charge is 2.05. The van der Waals surface area contributed by atoms with Crippen LogP contribution in [0, 0.1) is 12.7 Å². The second-order valence-corrected chi connectivity index (χ2v) is 6.28. The van der Waals surface area contributed by atoms with Crippen LogP contribution in [0.2, 0.25) is 0 Å². The van der Waals surface area contributed by atoms with Gasteiger partial charge in [0.1, 0.15) is 5.82 Å². The summed E-state index contributed by atoms with van der Waals surface area (Å²) in [5.74, 6) is 0.428. The third-order valence-electron chi connectivity index (χ3n) is 4.34. The van der Waals surface area contributed by atoms with Crippen LogP contribution >= 0.6 is 0 Å². The van der Waals surface area contributed by atoms with Crippen LogP contribution in [0.3, 0.4) is 0 Å². The molecule has 1 amide bonds. The number of nitrogens with zero attached hydrogens (tertiary/aromatic N) is 1. The van der Waals surface area contributed by atoms with E-state index in [0.717, 1.165) is 35.5 Å². The van der Waals surface area contributed by atoms with E-state index >= 15 is 0 Å². The number of carbonyl (C=O) groups is 1. The van der Waals surface area contributed by atoms with Gasteiger partial charge in [0.05, 0.1) is 0 Å². The molecule has 0 saturated carbocycles. The Morgan fingerprint density at radius 1 is 1.07 bits per heavy atom.